The Morgan fingerprint density at radius 3 is 2.70 bits per heavy atom. The lowest BCUT2D eigenvalue weighted by molar-refractivity contribution is 0.0178. The average Bonchev–Trinajstić information content (AvgIpc) is 2.60. The third kappa shape index (κ3) is 3.71. The fourth-order valence-corrected chi connectivity index (χ4v) is 3.07. The molecule has 1 amide bonds. The Labute approximate surface area is 136 Å². The minimum absolute atomic E-state index is 0.164. The van der Waals surface area contributed by atoms with Gasteiger partial charge in [0.1, 0.15) is 12.2 Å². The summed E-state index contributed by atoms with van der Waals surface area (Å²) in [4.78, 5) is 11.9. The Bertz CT molecular complexity index is 671. The summed E-state index contributed by atoms with van der Waals surface area (Å²) in [5, 5.41) is 13.6. The van der Waals surface area contributed by atoms with Crippen LogP contribution >= 0.6 is 0 Å². The summed E-state index contributed by atoms with van der Waals surface area (Å²) in [5.41, 5.74) is 1.99. The first-order chi connectivity index (χ1) is 11.2. The van der Waals surface area contributed by atoms with Gasteiger partial charge in [0.2, 0.25) is 0 Å². The molecule has 0 heterocycles. The van der Waals surface area contributed by atoms with Gasteiger partial charge in [0, 0.05) is 0 Å². The Morgan fingerprint density at radius 1 is 1.13 bits per heavy atom. The highest BCUT2D eigenvalue weighted by Gasteiger charge is 2.34. The first-order valence-corrected chi connectivity index (χ1v) is 7.93. The van der Waals surface area contributed by atoms with Crippen LogP contribution in [0, 0.1) is 0 Å². The number of hydrogen-bond acceptors (Lipinski definition) is 3. The van der Waals surface area contributed by atoms with E-state index in [0.29, 0.717) is 6.42 Å². The van der Waals surface area contributed by atoms with E-state index < -0.39 is 11.7 Å². The molecule has 0 saturated heterocycles. The molecular formula is C19H21NO3. The van der Waals surface area contributed by atoms with Gasteiger partial charge in [-0.3, -0.25) is 0 Å². The van der Waals surface area contributed by atoms with E-state index in [1.165, 1.54) is 0 Å². The third-order valence-electron chi connectivity index (χ3n) is 4.29. The van der Waals surface area contributed by atoms with Crippen molar-refractivity contribution in [3.05, 3.63) is 71.3 Å². The van der Waals surface area contributed by atoms with Crippen LogP contribution in [0.3, 0.4) is 0 Å². The standard InChI is InChI=1S/C19H21NO3/c21-18(23-13-15-7-2-1-3-8-15)20-14-19(22)12-6-10-16-9-4-5-11-17(16)19/h1-5,7-9,11,22H,6,10,12-14H2,(H,20,21). The summed E-state index contributed by atoms with van der Waals surface area (Å²) >= 11 is 0. The molecule has 0 aromatic heterocycles. The van der Waals surface area contributed by atoms with Gasteiger partial charge in [0.25, 0.3) is 0 Å². The van der Waals surface area contributed by atoms with E-state index in [1.54, 1.807) is 0 Å². The van der Waals surface area contributed by atoms with Crippen LogP contribution < -0.4 is 5.32 Å². The number of carbonyl (C=O) groups is 1. The van der Waals surface area contributed by atoms with Crippen LogP contribution in [0.1, 0.15) is 29.5 Å². The van der Waals surface area contributed by atoms with Crippen molar-refractivity contribution in [1.82, 2.24) is 5.32 Å². The van der Waals surface area contributed by atoms with Crippen LogP contribution in [0.5, 0.6) is 0 Å². The molecule has 2 aromatic carbocycles. The molecule has 0 bridgehead atoms. The van der Waals surface area contributed by atoms with Gasteiger partial charge in [-0.2, -0.15) is 0 Å². The second-order valence-corrected chi connectivity index (χ2v) is 5.96. The van der Waals surface area contributed by atoms with Gasteiger partial charge in [-0.1, -0.05) is 54.6 Å². The Kier molecular flexibility index (Phi) is 4.63. The molecule has 4 nitrogen and oxygen atoms in total. The second kappa shape index (κ2) is 6.84. The molecular weight excluding hydrogens is 290 g/mol. The lowest BCUT2D eigenvalue weighted by atomic mass is 9.79. The molecule has 120 valence electrons. The van der Waals surface area contributed by atoms with Gasteiger partial charge in [-0.15, -0.1) is 0 Å². The number of aliphatic hydroxyl groups is 1. The normalized spacial score (nSPS) is 19.7. The second-order valence-electron chi connectivity index (χ2n) is 5.96. The Morgan fingerprint density at radius 2 is 1.87 bits per heavy atom. The van der Waals surface area contributed by atoms with Gasteiger partial charge < -0.3 is 15.2 Å². The number of rotatable bonds is 4. The van der Waals surface area contributed by atoms with Crippen molar-refractivity contribution in [3.8, 4) is 0 Å². The van der Waals surface area contributed by atoms with Crippen LogP contribution in [0.25, 0.3) is 0 Å². The van der Waals surface area contributed by atoms with E-state index in [-0.39, 0.29) is 13.2 Å². The van der Waals surface area contributed by atoms with E-state index >= 15 is 0 Å². The van der Waals surface area contributed by atoms with Crippen molar-refractivity contribution < 1.29 is 14.6 Å². The lowest BCUT2D eigenvalue weighted by Crippen LogP contribution is -2.43. The van der Waals surface area contributed by atoms with Crippen LogP contribution in [0.2, 0.25) is 0 Å². The highest BCUT2D eigenvalue weighted by molar-refractivity contribution is 5.67. The van der Waals surface area contributed by atoms with E-state index in [9.17, 15) is 9.90 Å². The molecule has 0 fully saturated rings. The summed E-state index contributed by atoms with van der Waals surface area (Å²) < 4.78 is 5.19. The highest BCUT2D eigenvalue weighted by atomic mass is 16.5. The molecule has 1 atom stereocenters. The zero-order valence-corrected chi connectivity index (χ0v) is 13.0. The molecule has 4 heteroatoms. The first kappa shape index (κ1) is 15.6. The van der Waals surface area contributed by atoms with Crippen molar-refractivity contribution >= 4 is 6.09 Å². The van der Waals surface area contributed by atoms with Gasteiger partial charge in [0.15, 0.2) is 0 Å². The number of hydrogen-bond donors (Lipinski definition) is 2. The van der Waals surface area contributed by atoms with Crippen molar-refractivity contribution in [2.75, 3.05) is 6.54 Å². The molecule has 3 rings (SSSR count). The fraction of sp³-hybridized carbons (Fsp3) is 0.316. The summed E-state index contributed by atoms with van der Waals surface area (Å²) in [6.45, 7) is 0.388. The Hall–Kier alpha value is -2.33. The number of nitrogens with one attached hydrogen (secondary N) is 1. The van der Waals surface area contributed by atoms with E-state index in [2.05, 4.69) is 5.32 Å². The van der Waals surface area contributed by atoms with Gasteiger partial charge in [-0.25, -0.2) is 4.79 Å². The van der Waals surface area contributed by atoms with Crippen LogP contribution in [0.4, 0.5) is 4.79 Å². The maximum absolute atomic E-state index is 11.9. The molecule has 2 aromatic rings. The SMILES string of the molecule is O=C(NCC1(O)CCCc2ccccc21)OCc1ccccc1. The minimum Gasteiger partial charge on any atom is -0.445 e. The summed E-state index contributed by atoms with van der Waals surface area (Å²) in [7, 11) is 0. The van der Waals surface area contributed by atoms with Gasteiger partial charge >= 0.3 is 6.09 Å². The zero-order valence-electron chi connectivity index (χ0n) is 13.0. The number of aryl methyl sites for hydroxylation is 1. The molecule has 23 heavy (non-hydrogen) atoms. The maximum Gasteiger partial charge on any atom is 0.407 e. The highest BCUT2D eigenvalue weighted by Crippen LogP contribution is 2.34. The lowest BCUT2D eigenvalue weighted by Gasteiger charge is -2.34. The van der Waals surface area contributed by atoms with E-state index in [4.69, 9.17) is 4.74 Å². The van der Waals surface area contributed by atoms with E-state index in [1.807, 2.05) is 54.6 Å². The predicted octanol–water partition coefficient (Wildman–Crippen LogP) is 3.14. The molecule has 0 radical (unpaired) electrons. The molecule has 1 aliphatic carbocycles. The topological polar surface area (TPSA) is 58.6 Å². The molecule has 1 aliphatic rings. The van der Waals surface area contributed by atoms with Crippen molar-refractivity contribution in [2.24, 2.45) is 0 Å². The maximum atomic E-state index is 11.9. The van der Waals surface area contributed by atoms with E-state index in [0.717, 1.165) is 29.5 Å². The number of carbonyl (C=O) groups excluding carboxylic acids is 1. The van der Waals surface area contributed by atoms with Crippen molar-refractivity contribution in [3.63, 3.8) is 0 Å². The largest absolute Gasteiger partial charge is 0.445 e. The quantitative estimate of drug-likeness (QED) is 0.912. The number of fused-ring (bicyclic) bond motifs is 1. The first-order valence-electron chi connectivity index (χ1n) is 7.93. The van der Waals surface area contributed by atoms with Crippen molar-refractivity contribution in [2.45, 2.75) is 31.5 Å². The van der Waals surface area contributed by atoms with Crippen LogP contribution in [0.15, 0.2) is 54.6 Å². The number of benzene rings is 2. The number of amides is 1. The zero-order chi connectivity index (χ0) is 16.1. The van der Waals surface area contributed by atoms with Gasteiger partial charge in [-0.05, 0) is 36.0 Å². The summed E-state index contributed by atoms with van der Waals surface area (Å²) in [6, 6.07) is 17.4. The monoisotopic (exact) mass is 311 g/mol. The minimum atomic E-state index is -1.01. The average molecular weight is 311 g/mol. The number of alkyl carbamates (subject to hydrolysis) is 1. The summed E-state index contributed by atoms with van der Waals surface area (Å²) in [5.74, 6) is 0. The predicted molar refractivity (Wildman–Crippen MR) is 87.9 cm³/mol. The summed E-state index contributed by atoms with van der Waals surface area (Å²) in [6.07, 6.45) is 2.01. The van der Waals surface area contributed by atoms with Crippen molar-refractivity contribution in [1.29, 1.82) is 0 Å². The number of ether oxygens (including phenoxy) is 1. The molecule has 2 N–H and O–H groups in total. The fourth-order valence-electron chi connectivity index (χ4n) is 3.07. The van der Waals surface area contributed by atoms with Crippen LogP contribution in [-0.2, 0) is 23.4 Å². The Balaban J connectivity index is 1.57. The molecule has 0 saturated carbocycles. The smallest absolute Gasteiger partial charge is 0.407 e. The van der Waals surface area contributed by atoms with Crippen LogP contribution in [-0.4, -0.2) is 17.7 Å². The van der Waals surface area contributed by atoms with Gasteiger partial charge in [0.05, 0.1) is 6.54 Å². The molecule has 0 spiro atoms. The molecule has 1 unspecified atom stereocenters. The third-order valence-corrected chi connectivity index (χ3v) is 4.29. The molecule has 0 aliphatic heterocycles.